The predicted octanol–water partition coefficient (Wildman–Crippen LogP) is -2.06. The van der Waals surface area contributed by atoms with Gasteiger partial charge < -0.3 is 30.5 Å². The maximum Gasteiger partial charge on any atom is 0.0701 e. The fourth-order valence-electron chi connectivity index (χ4n) is 0.451. The monoisotopic (exact) mass is 211 g/mol. The van der Waals surface area contributed by atoms with Crippen molar-refractivity contribution in [2.75, 3.05) is 52.8 Å². The Morgan fingerprint density at radius 1 is 0.714 bits per heavy atom. The Morgan fingerprint density at radius 2 is 1.07 bits per heavy atom. The Balaban J connectivity index is 0. The van der Waals surface area contributed by atoms with Crippen molar-refractivity contribution in [2.45, 2.75) is 0 Å². The largest absolute Gasteiger partial charge is 0.395 e. The van der Waals surface area contributed by atoms with Crippen molar-refractivity contribution >= 4 is 0 Å². The topological polar surface area (TPSA) is 105 Å². The molecule has 0 saturated heterocycles. The van der Waals surface area contributed by atoms with Crippen molar-refractivity contribution in [3.63, 3.8) is 0 Å². The summed E-state index contributed by atoms with van der Waals surface area (Å²) in [7, 11) is 0. The van der Waals surface area contributed by atoms with Gasteiger partial charge in [-0.25, -0.2) is 0 Å². The second kappa shape index (κ2) is 18.5. The number of hydrogen-bond acceptors (Lipinski definition) is 6. The summed E-state index contributed by atoms with van der Waals surface area (Å²) >= 11 is 0. The Kier molecular flexibility index (Phi) is 21.4. The van der Waals surface area contributed by atoms with E-state index in [0.717, 1.165) is 0 Å². The van der Waals surface area contributed by atoms with Gasteiger partial charge >= 0.3 is 0 Å². The van der Waals surface area contributed by atoms with E-state index in [0.29, 0.717) is 33.0 Å². The van der Waals surface area contributed by atoms with Crippen LogP contribution in [0.15, 0.2) is 0 Å². The summed E-state index contributed by atoms with van der Waals surface area (Å²) < 4.78 is 9.75. The Morgan fingerprint density at radius 3 is 1.29 bits per heavy atom. The lowest BCUT2D eigenvalue weighted by molar-refractivity contribution is 0.0222. The Labute approximate surface area is 84.2 Å². The van der Waals surface area contributed by atoms with Crippen molar-refractivity contribution < 1.29 is 24.8 Å². The first-order valence-corrected chi connectivity index (χ1v) is 4.51. The zero-order valence-corrected chi connectivity index (χ0v) is 8.39. The average molecular weight is 211 g/mol. The van der Waals surface area contributed by atoms with Gasteiger partial charge in [0.05, 0.1) is 46.2 Å². The number of rotatable bonds is 8. The average Bonchev–Trinajstić information content (AvgIpc) is 2.24. The number of ether oxygens (including phenoxy) is 2. The molecule has 0 saturated carbocycles. The van der Waals surface area contributed by atoms with Gasteiger partial charge in [0.15, 0.2) is 0 Å². The van der Waals surface area contributed by atoms with E-state index in [-0.39, 0.29) is 19.8 Å². The third-order valence-corrected chi connectivity index (χ3v) is 0.972. The summed E-state index contributed by atoms with van der Waals surface area (Å²) in [6, 6.07) is 0. The van der Waals surface area contributed by atoms with Gasteiger partial charge in [0.25, 0.3) is 0 Å². The molecule has 88 valence electrons. The van der Waals surface area contributed by atoms with E-state index >= 15 is 0 Å². The quantitative estimate of drug-likeness (QED) is 0.344. The molecule has 0 aromatic carbocycles. The molecule has 0 aliphatic carbocycles. The molecule has 0 heterocycles. The molecule has 0 bridgehead atoms. The van der Waals surface area contributed by atoms with E-state index < -0.39 is 0 Å². The highest BCUT2D eigenvalue weighted by Crippen LogP contribution is 1.76. The van der Waals surface area contributed by atoms with Crippen LogP contribution in [-0.2, 0) is 9.47 Å². The van der Waals surface area contributed by atoms with Crippen molar-refractivity contribution in [2.24, 2.45) is 5.73 Å². The lowest BCUT2D eigenvalue weighted by atomic mass is 10.7. The molecule has 0 aliphatic rings. The van der Waals surface area contributed by atoms with Crippen LogP contribution in [0.25, 0.3) is 0 Å². The van der Waals surface area contributed by atoms with E-state index in [1.807, 2.05) is 0 Å². The molecule has 0 aromatic heterocycles. The Bertz CT molecular complexity index is 74.1. The molecule has 5 N–H and O–H groups in total. The van der Waals surface area contributed by atoms with Crippen molar-refractivity contribution in [1.82, 2.24) is 0 Å². The first kappa shape index (κ1) is 16.2. The van der Waals surface area contributed by atoms with E-state index in [1.165, 1.54) is 0 Å². The summed E-state index contributed by atoms with van der Waals surface area (Å²) in [5.41, 5.74) is 4.78. The van der Waals surface area contributed by atoms with Crippen LogP contribution in [0.2, 0.25) is 0 Å². The molecule has 0 atom stereocenters. The second-order valence-electron chi connectivity index (χ2n) is 2.18. The lowest BCUT2D eigenvalue weighted by Gasteiger charge is -2.01. The van der Waals surface area contributed by atoms with Gasteiger partial charge in [0.1, 0.15) is 0 Å². The highest BCUT2D eigenvalue weighted by molar-refractivity contribution is 4.30. The number of aliphatic hydroxyl groups excluding tert-OH is 3. The van der Waals surface area contributed by atoms with Crippen LogP contribution in [-0.4, -0.2) is 68.1 Å². The van der Waals surface area contributed by atoms with Gasteiger partial charge in [-0.05, 0) is 0 Å². The second-order valence-corrected chi connectivity index (χ2v) is 2.18. The Hall–Kier alpha value is -0.240. The van der Waals surface area contributed by atoms with Gasteiger partial charge in [0, 0.05) is 6.54 Å². The fourth-order valence-corrected chi connectivity index (χ4v) is 0.451. The smallest absolute Gasteiger partial charge is 0.0701 e. The van der Waals surface area contributed by atoms with Crippen LogP contribution >= 0.6 is 0 Å². The van der Waals surface area contributed by atoms with E-state index in [1.54, 1.807) is 0 Å². The van der Waals surface area contributed by atoms with E-state index in [9.17, 15) is 0 Å². The third-order valence-electron chi connectivity index (χ3n) is 0.972. The lowest BCUT2D eigenvalue weighted by Crippen LogP contribution is -2.09. The zero-order chi connectivity index (χ0) is 11.1. The molecular formula is C8H21NO5. The maximum atomic E-state index is 8.26. The maximum absolute atomic E-state index is 8.26. The molecule has 0 rings (SSSR count). The number of aliphatic hydroxyl groups is 3. The van der Waals surface area contributed by atoms with Crippen molar-refractivity contribution in [1.29, 1.82) is 0 Å². The minimum absolute atomic E-state index is 0.0417. The van der Waals surface area contributed by atoms with Crippen LogP contribution < -0.4 is 5.73 Å². The zero-order valence-electron chi connectivity index (χ0n) is 8.39. The van der Waals surface area contributed by atoms with Crippen molar-refractivity contribution in [3.8, 4) is 0 Å². The highest BCUT2D eigenvalue weighted by atomic mass is 16.5. The van der Waals surface area contributed by atoms with Crippen LogP contribution in [0.5, 0.6) is 0 Å². The van der Waals surface area contributed by atoms with Gasteiger partial charge in [0.2, 0.25) is 0 Å². The molecule has 6 nitrogen and oxygen atoms in total. The molecule has 0 fully saturated rings. The molecule has 0 spiro atoms. The summed E-state index contributed by atoms with van der Waals surface area (Å²) in [4.78, 5) is 0. The number of hydrogen-bond donors (Lipinski definition) is 4. The van der Waals surface area contributed by atoms with Gasteiger partial charge in [-0.2, -0.15) is 0 Å². The van der Waals surface area contributed by atoms with Crippen LogP contribution in [0.1, 0.15) is 0 Å². The van der Waals surface area contributed by atoms with Crippen LogP contribution in [0.4, 0.5) is 0 Å². The standard InChI is InChI=1S/C6H14O4.C2H7NO/c7-1-3-9-5-6-10-4-2-8;3-1-2-4/h7-8H,1-6H2;4H,1-3H2. The fraction of sp³-hybridized carbons (Fsp3) is 1.00. The van der Waals surface area contributed by atoms with E-state index in [4.69, 9.17) is 30.5 Å². The summed E-state index contributed by atoms with van der Waals surface area (Å²) in [6.45, 7) is 2.20. The molecule has 0 unspecified atom stereocenters. The molecule has 0 amide bonds. The molecular weight excluding hydrogens is 190 g/mol. The molecule has 0 aromatic rings. The molecule has 14 heavy (non-hydrogen) atoms. The minimum atomic E-state index is 0.0417. The summed E-state index contributed by atoms with van der Waals surface area (Å²) in [5.74, 6) is 0. The number of nitrogens with two attached hydrogens (primary N) is 1. The van der Waals surface area contributed by atoms with Gasteiger partial charge in [-0.1, -0.05) is 0 Å². The molecule has 0 radical (unpaired) electrons. The molecule has 6 heteroatoms. The van der Waals surface area contributed by atoms with Crippen LogP contribution in [0.3, 0.4) is 0 Å². The first-order chi connectivity index (χ1) is 6.83. The highest BCUT2D eigenvalue weighted by Gasteiger charge is 1.86. The van der Waals surface area contributed by atoms with Gasteiger partial charge in [-0.15, -0.1) is 0 Å². The first-order valence-electron chi connectivity index (χ1n) is 4.51. The summed E-state index contributed by atoms with van der Waals surface area (Å²) in [6.07, 6.45) is 0. The summed E-state index contributed by atoms with van der Waals surface area (Å²) in [5, 5.41) is 24.3. The minimum Gasteiger partial charge on any atom is -0.395 e. The van der Waals surface area contributed by atoms with Crippen LogP contribution in [0, 0.1) is 0 Å². The predicted molar refractivity (Wildman–Crippen MR) is 51.9 cm³/mol. The van der Waals surface area contributed by atoms with E-state index in [2.05, 4.69) is 0 Å². The van der Waals surface area contributed by atoms with Crippen molar-refractivity contribution in [3.05, 3.63) is 0 Å². The SMILES string of the molecule is NCCO.OCCOCCOCCO. The normalized spacial score (nSPS) is 9.43. The molecule has 0 aliphatic heterocycles. The third kappa shape index (κ3) is 22.6. The van der Waals surface area contributed by atoms with Gasteiger partial charge in [-0.3, -0.25) is 0 Å².